The van der Waals surface area contributed by atoms with Crippen LogP contribution in [0.3, 0.4) is 0 Å². The van der Waals surface area contributed by atoms with Gasteiger partial charge in [-0.1, -0.05) is 29.8 Å². The van der Waals surface area contributed by atoms with Gasteiger partial charge in [0.05, 0.1) is 11.3 Å². The van der Waals surface area contributed by atoms with Crippen LogP contribution in [-0.4, -0.2) is 51.9 Å². The van der Waals surface area contributed by atoms with Gasteiger partial charge in [-0.05, 0) is 49.6 Å². The Morgan fingerprint density at radius 3 is 2.31 bits per heavy atom. The molecule has 0 N–H and O–H groups in total. The molecular formula is C23H25FN2O2S. The minimum absolute atomic E-state index is 0.0610. The Morgan fingerprint density at radius 1 is 1.00 bits per heavy atom. The van der Waals surface area contributed by atoms with Crippen LogP contribution in [0.4, 0.5) is 4.39 Å². The molecule has 4 nitrogen and oxygen atoms in total. The number of aryl methyl sites for hydroxylation is 1. The lowest BCUT2D eigenvalue weighted by Gasteiger charge is -2.44. The smallest absolute Gasteiger partial charge is 0.254 e. The number of thioether (sulfide) groups is 1. The van der Waals surface area contributed by atoms with Crippen molar-refractivity contribution < 1.29 is 14.0 Å². The summed E-state index contributed by atoms with van der Waals surface area (Å²) in [6, 6.07) is 13.8. The van der Waals surface area contributed by atoms with E-state index >= 15 is 0 Å². The monoisotopic (exact) mass is 412 g/mol. The van der Waals surface area contributed by atoms with Gasteiger partial charge in [0, 0.05) is 31.0 Å². The number of halogens is 1. The molecule has 0 atom stereocenters. The normalized spacial score (nSPS) is 18.3. The van der Waals surface area contributed by atoms with E-state index in [0.717, 1.165) is 41.8 Å². The van der Waals surface area contributed by atoms with Crippen LogP contribution in [0.5, 0.6) is 0 Å². The molecule has 1 spiro atoms. The van der Waals surface area contributed by atoms with Crippen LogP contribution in [0.1, 0.15) is 34.3 Å². The van der Waals surface area contributed by atoms with Crippen molar-refractivity contribution in [1.82, 2.24) is 9.80 Å². The minimum Gasteiger partial charge on any atom is -0.342 e. The summed E-state index contributed by atoms with van der Waals surface area (Å²) in [5.41, 5.74) is 2.69. The summed E-state index contributed by atoms with van der Waals surface area (Å²) in [6.45, 7) is 4.05. The number of amides is 2. The molecule has 2 amide bonds. The zero-order valence-corrected chi connectivity index (χ0v) is 17.4. The molecule has 0 aromatic heterocycles. The number of nitrogens with zero attached hydrogens (tertiary/aromatic N) is 2. The standard InChI is InChI=1S/C23H25FN2O2S/c1-17-2-6-19(7-3-17)22(28)26-14-15-29-23(26)10-12-25(13-11-23)21(27)16-18-4-8-20(24)9-5-18/h2-9H,10-16H2,1H3. The van der Waals surface area contributed by atoms with Gasteiger partial charge < -0.3 is 9.80 Å². The molecule has 29 heavy (non-hydrogen) atoms. The zero-order valence-electron chi connectivity index (χ0n) is 16.6. The second kappa shape index (κ2) is 8.19. The Bertz CT molecular complexity index is 890. The molecule has 2 aromatic rings. The maximum atomic E-state index is 13.1. The average Bonchev–Trinajstić information content (AvgIpc) is 3.13. The van der Waals surface area contributed by atoms with Crippen LogP contribution in [0, 0.1) is 12.7 Å². The summed E-state index contributed by atoms with van der Waals surface area (Å²) < 4.78 is 13.1. The number of hydrogen-bond acceptors (Lipinski definition) is 3. The van der Waals surface area contributed by atoms with Crippen molar-refractivity contribution in [3.05, 3.63) is 71.0 Å². The predicted molar refractivity (Wildman–Crippen MR) is 113 cm³/mol. The Balaban J connectivity index is 1.40. The highest BCUT2D eigenvalue weighted by molar-refractivity contribution is 8.00. The lowest BCUT2D eigenvalue weighted by atomic mass is 10.00. The van der Waals surface area contributed by atoms with E-state index in [2.05, 4.69) is 0 Å². The van der Waals surface area contributed by atoms with Gasteiger partial charge in [0.1, 0.15) is 5.82 Å². The van der Waals surface area contributed by atoms with Crippen molar-refractivity contribution >= 4 is 23.6 Å². The van der Waals surface area contributed by atoms with E-state index in [1.807, 2.05) is 52.8 Å². The number of benzene rings is 2. The van der Waals surface area contributed by atoms with Crippen molar-refractivity contribution in [2.45, 2.75) is 31.1 Å². The third kappa shape index (κ3) is 4.17. The fourth-order valence-electron chi connectivity index (χ4n) is 4.16. The molecule has 4 rings (SSSR count). The fraction of sp³-hybridized carbons (Fsp3) is 0.391. The summed E-state index contributed by atoms with van der Waals surface area (Å²) in [5, 5.41) is 0. The van der Waals surface area contributed by atoms with Crippen LogP contribution in [0.15, 0.2) is 48.5 Å². The van der Waals surface area contributed by atoms with Crippen molar-refractivity contribution in [3.63, 3.8) is 0 Å². The molecule has 2 aliphatic heterocycles. The van der Waals surface area contributed by atoms with Crippen LogP contribution in [-0.2, 0) is 11.2 Å². The van der Waals surface area contributed by atoms with Crippen molar-refractivity contribution in [3.8, 4) is 0 Å². The van der Waals surface area contributed by atoms with Gasteiger partial charge >= 0.3 is 0 Å². The molecule has 2 aliphatic rings. The summed E-state index contributed by atoms with van der Waals surface area (Å²) in [4.78, 5) is 29.5. The second-order valence-corrected chi connectivity index (χ2v) is 9.26. The lowest BCUT2D eigenvalue weighted by molar-refractivity contribution is -0.132. The van der Waals surface area contributed by atoms with Crippen molar-refractivity contribution in [2.75, 3.05) is 25.4 Å². The van der Waals surface area contributed by atoms with Crippen LogP contribution >= 0.6 is 11.8 Å². The predicted octanol–water partition coefficient (Wildman–Crippen LogP) is 3.88. The van der Waals surface area contributed by atoms with E-state index in [1.165, 1.54) is 12.1 Å². The van der Waals surface area contributed by atoms with Gasteiger partial charge in [0.2, 0.25) is 5.91 Å². The van der Waals surface area contributed by atoms with Crippen molar-refractivity contribution in [1.29, 1.82) is 0 Å². The Hall–Kier alpha value is -2.34. The van der Waals surface area contributed by atoms with Crippen LogP contribution in [0.25, 0.3) is 0 Å². The van der Waals surface area contributed by atoms with Crippen molar-refractivity contribution in [2.24, 2.45) is 0 Å². The van der Waals surface area contributed by atoms with E-state index in [9.17, 15) is 14.0 Å². The molecule has 0 saturated carbocycles. The van der Waals surface area contributed by atoms with E-state index in [0.29, 0.717) is 13.1 Å². The number of piperidine rings is 1. The third-order valence-electron chi connectivity index (χ3n) is 5.89. The number of likely N-dealkylation sites (tertiary alicyclic amines) is 1. The number of hydrogen-bond donors (Lipinski definition) is 0. The van der Waals surface area contributed by atoms with Gasteiger partial charge in [-0.3, -0.25) is 9.59 Å². The zero-order chi connectivity index (χ0) is 20.4. The Labute approximate surface area is 175 Å². The lowest BCUT2D eigenvalue weighted by Crippen LogP contribution is -2.53. The molecule has 6 heteroatoms. The van der Waals surface area contributed by atoms with Crippen LogP contribution in [0.2, 0.25) is 0 Å². The molecular weight excluding hydrogens is 387 g/mol. The van der Waals surface area contributed by atoms with E-state index in [-0.39, 0.29) is 28.9 Å². The number of rotatable bonds is 3. The van der Waals surface area contributed by atoms with Gasteiger partial charge in [0.25, 0.3) is 5.91 Å². The maximum absolute atomic E-state index is 13.1. The average molecular weight is 413 g/mol. The molecule has 0 radical (unpaired) electrons. The molecule has 2 heterocycles. The molecule has 2 saturated heterocycles. The van der Waals surface area contributed by atoms with E-state index in [4.69, 9.17) is 0 Å². The quantitative estimate of drug-likeness (QED) is 0.768. The van der Waals surface area contributed by atoms with E-state index in [1.54, 1.807) is 12.1 Å². The van der Waals surface area contributed by atoms with Crippen LogP contribution < -0.4 is 0 Å². The van der Waals surface area contributed by atoms with Gasteiger partial charge in [0.15, 0.2) is 0 Å². The molecule has 2 aromatic carbocycles. The Morgan fingerprint density at radius 2 is 1.66 bits per heavy atom. The first-order valence-corrected chi connectivity index (χ1v) is 11.0. The highest BCUT2D eigenvalue weighted by Crippen LogP contribution is 2.44. The summed E-state index contributed by atoms with van der Waals surface area (Å²) in [5.74, 6) is 0.783. The van der Waals surface area contributed by atoms with Gasteiger partial charge in [-0.25, -0.2) is 4.39 Å². The SMILES string of the molecule is Cc1ccc(C(=O)N2CCSC23CCN(C(=O)Cc2ccc(F)cc2)CC3)cc1. The molecule has 2 fully saturated rings. The second-order valence-electron chi connectivity index (χ2n) is 7.80. The largest absolute Gasteiger partial charge is 0.342 e. The molecule has 0 bridgehead atoms. The first-order valence-electron chi connectivity index (χ1n) is 10.0. The van der Waals surface area contributed by atoms with Gasteiger partial charge in [-0.2, -0.15) is 0 Å². The molecule has 0 aliphatic carbocycles. The summed E-state index contributed by atoms with van der Waals surface area (Å²) in [7, 11) is 0. The minimum atomic E-state index is -0.294. The maximum Gasteiger partial charge on any atom is 0.254 e. The molecule has 152 valence electrons. The summed E-state index contributed by atoms with van der Waals surface area (Å²) >= 11 is 1.84. The number of carbonyl (C=O) groups is 2. The third-order valence-corrected chi connectivity index (χ3v) is 7.44. The molecule has 0 unspecified atom stereocenters. The highest BCUT2D eigenvalue weighted by Gasteiger charge is 2.46. The fourth-order valence-corrected chi connectivity index (χ4v) is 5.61. The topological polar surface area (TPSA) is 40.6 Å². The summed E-state index contributed by atoms with van der Waals surface area (Å²) in [6.07, 6.45) is 1.85. The van der Waals surface area contributed by atoms with E-state index < -0.39 is 0 Å². The first kappa shape index (κ1) is 20.0. The van der Waals surface area contributed by atoms with Gasteiger partial charge in [-0.15, -0.1) is 11.8 Å². The highest BCUT2D eigenvalue weighted by atomic mass is 32.2. The first-order chi connectivity index (χ1) is 14.0. The Kier molecular flexibility index (Phi) is 5.63. The number of carbonyl (C=O) groups excluding carboxylic acids is 2.